The molecular formula is C22H25FN2O3. The lowest BCUT2D eigenvalue weighted by Gasteiger charge is -2.27. The highest BCUT2D eigenvalue weighted by atomic mass is 19.1. The summed E-state index contributed by atoms with van der Waals surface area (Å²) in [4.78, 5) is 27.4. The number of anilines is 2. The normalized spacial score (nSPS) is 18.3. The molecule has 0 spiro atoms. The second-order valence-electron chi connectivity index (χ2n) is 8.64. The fourth-order valence-electron chi connectivity index (χ4n) is 4.29. The molecule has 148 valence electrons. The van der Waals surface area contributed by atoms with Gasteiger partial charge in [-0.3, -0.25) is 9.59 Å². The lowest BCUT2D eigenvalue weighted by Crippen LogP contribution is -2.26. The summed E-state index contributed by atoms with van der Waals surface area (Å²) in [7, 11) is 0. The number of fused-ring (bicyclic) bond motifs is 1. The third-order valence-corrected chi connectivity index (χ3v) is 5.59. The van der Waals surface area contributed by atoms with Crippen LogP contribution in [0.1, 0.15) is 65.3 Å². The maximum Gasteiger partial charge on any atom is 0.291 e. The maximum atomic E-state index is 14.1. The van der Waals surface area contributed by atoms with Gasteiger partial charge in [0.2, 0.25) is 0 Å². The quantitative estimate of drug-likeness (QED) is 0.831. The number of rotatable bonds is 3. The number of amides is 1. The van der Waals surface area contributed by atoms with Crippen molar-refractivity contribution in [2.24, 2.45) is 5.41 Å². The molecule has 1 aliphatic carbocycles. The fourth-order valence-corrected chi connectivity index (χ4v) is 4.29. The number of benzene rings is 1. The minimum Gasteiger partial charge on any atom is -0.455 e. The number of Topliss-reactive ketones (excluding diaryl/α,β-unsaturated/α-hetero) is 1. The van der Waals surface area contributed by atoms with E-state index in [0.29, 0.717) is 35.4 Å². The summed E-state index contributed by atoms with van der Waals surface area (Å²) in [5, 5.41) is 2.74. The van der Waals surface area contributed by atoms with Gasteiger partial charge in [-0.2, -0.15) is 0 Å². The van der Waals surface area contributed by atoms with Crippen molar-refractivity contribution < 1.29 is 18.4 Å². The van der Waals surface area contributed by atoms with E-state index in [-0.39, 0.29) is 17.0 Å². The van der Waals surface area contributed by atoms with Crippen LogP contribution in [0.2, 0.25) is 0 Å². The zero-order chi connectivity index (χ0) is 20.1. The highest BCUT2D eigenvalue weighted by molar-refractivity contribution is 6.07. The molecule has 2 aromatic rings. The van der Waals surface area contributed by atoms with Crippen LogP contribution in [-0.2, 0) is 6.42 Å². The molecule has 2 heterocycles. The molecule has 1 aromatic heterocycles. The Bertz CT molecular complexity index is 955. The first kappa shape index (κ1) is 18.7. The molecule has 4 rings (SSSR count). The van der Waals surface area contributed by atoms with Crippen LogP contribution in [0, 0.1) is 18.2 Å². The Morgan fingerprint density at radius 1 is 1.18 bits per heavy atom. The summed E-state index contributed by atoms with van der Waals surface area (Å²) in [6, 6.07) is 4.56. The number of ketones is 1. The van der Waals surface area contributed by atoms with Crippen molar-refractivity contribution in [2.75, 3.05) is 23.3 Å². The molecule has 1 saturated heterocycles. The molecule has 5 nitrogen and oxygen atoms in total. The summed E-state index contributed by atoms with van der Waals surface area (Å²) in [6.07, 6.45) is 3.21. The minimum absolute atomic E-state index is 0.00799. The molecule has 1 amide bonds. The molecule has 0 bridgehead atoms. The largest absolute Gasteiger partial charge is 0.455 e. The fraction of sp³-hybridized carbons (Fsp3) is 0.455. The van der Waals surface area contributed by atoms with E-state index in [4.69, 9.17) is 4.42 Å². The molecule has 1 aromatic carbocycles. The van der Waals surface area contributed by atoms with E-state index in [1.165, 1.54) is 12.1 Å². The van der Waals surface area contributed by atoms with E-state index < -0.39 is 11.7 Å². The van der Waals surface area contributed by atoms with Crippen LogP contribution >= 0.6 is 0 Å². The van der Waals surface area contributed by atoms with Gasteiger partial charge in [0.05, 0.1) is 5.56 Å². The highest BCUT2D eigenvalue weighted by Gasteiger charge is 2.37. The summed E-state index contributed by atoms with van der Waals surface area (Å²) in [6.45, 7) is 7.53. The van der Waals surface area contributed by atoms with Crippen molar-refractivity contribution in [1.29, 1.82) is 0 Å². The van der Waals surface area contributed by atoms with Crippen LogP contribution in [-0.4, -0.2) is 24.8 Å². The summed E-state index contributed by atoms with van der Waals surface area (Å²) < 4.78 is 19.9. The smallest absolute Gasteiger partial charge is 0.291 e. The monoisotopic (exact) mass is 384 g/mol. The Morgan fingerprint density at radius 3 is 2.61 bits per heavy atom. The van der Waals surface area contributed by atoms with Crippen LogP contribution < -0.4 is 10.2 Å². The van der Waals surface area contributed by atoms with E-state index in [1.54, 1.807) is 13.0 Å². The number of carbonyl (C=O) groups is 2. The van der Waals surface area contributed by atoms with Gasteiger partial charge in [0, 0.05) is 42.9 Å². The van der Waals surface area contributed by atoms with Gasteiger partial charge in [0.15, 0.2) is 11.5 Å². The molecular weight excluding hydrogens is 359 g/mol. The van der Waals surface area contributed by atoms with Crippen molar-refractivity contribution in [3.63, 3.8) is 0 Å². The molecule has 0 atom stereocenters. The van der Waals surface area contributed by atoms with Gasteiger partial charge in [0.25, 0.3) is 5.91 Å². The SMILES string of the molecule is Cc1c(C(=O)Nc2cc(F)cc(N3CCCC3)c2)oc2c1C(=O)CC(C)(C)C2. The molecule has 0 saturated carbocycles. The van der Waals surface area contributed by atoms with Crippen molar-refractivity contribution in [3.8, 4) is 0 Å². The van der Waals surface area contributed by atoms with E-state index >= 15 is 0 Å². The second kappa shape index (κ2) is 6.76. The Balaban J connectivity index is 1.61. The van der Waals surface area contributed by atoms with E-state index in [0.717, 1.165) is 31.6 Å². The predicted molar refractivity (Wildman–Crippen MR) is 106 cm³/mol. The van der Waals surface area contributed by atoms with Crippen LogP contribution in [0.5, 0.6) is 0 Å². The first-order chi connectivity index (χ1) is 13.2. The van der Waals surface area contributed by atoms with Crippen LogP contribution in [0.4, 0.5) is 15.8 Å². The highest BCUT2D eigenvalue weighted by Crippen LogP contribution is 2.38. The number of nitrogens with zero attached hydrogens (tertiary/aromatic N) is 1. The van der Waals surface area contributed by atoms with Crippen molar-refractivity contribution in [2.45, 2.75) is 46.5 Å². The number of halogens is 1. The van der Waals surface area contributed by atoms with E-state index in [2.05, 4.69) is 10.2 Å². The number of nitrogens with one attached hydrogen (secondary N) is 1. The van der Waals surface area contributed by atoms with Crippen molar-refractivity contribution in [1.82, 2.24) is 0 Å². The van der Waals surface area contributed by atoms with Crippen LogP contribution in [0.3, 0.4) is 0 Å². The topological polar surface area (TPSA) is 62.6 Å². The molecule has 1 N–H and O–H groups in total. The Kier molecular flexibility index (Phi) is 4.52. The Hall–Kier alpha value is -2.63. The summed E-state index contributed by atoms with van der Waals surface area (Å²) >= 11 is 0. The van der Waals surface area contributed by atoms with Crippen LogP contribution in [0.25, 0.3) is 0 Å². The Labute approximate surface area is 163 Å². The van der Waals surface area contributed by atoms with Gasteiger partial charge >= 0.3 is 0 Å². The Morgan fingerprint density at radius 2 is 1.89 bits per heavy atom. The molecule has 0 unspecified atom stereocenters. The van der Waals surface area contributed by atoms with Crippen LogP contribution in [0.15, 0.2) is 22.6 Å². The maximum absolute atomic E-state index is 14.1. The number of hydrogen-bond acceptors (Lipinski definition) is 4. The average molecular weight is 384 g/mol. The lowest BCUT2D eigenvalue weighted by atomic mass is 9.76. The minimum atomic E-state index is -0.463. The average Bonchev–Trinajstić information content (AvgIpc) is 3.21. The van der Waals surface area contributed by atoms with E-state index in [1.807, 2.05) is 13.8 Å². The summed E-state index contributed by atoms with van der Waals surface area (Å²) in [5.41, 5.74) is 2.05. The van der Waals surface area contributed by atoms with Crippen molar-refractivity contribution >= 4 is 23.1 Å². The van der Waals surface area contributed by atoms with Gasteiger partial charge in [-0.1, -0.05) is 13.8 Å². The van der Waals surface area contributed by atoms with Crippen molar-refractivity contribution in [3.05, 3.63) is 46.7 Å². The number of hydrogen-bond donors (Lipinski definition) is 1. The molecule has 0 radical (unpaired) electrons. The molecule has 1 fully saturated rings. The third-order valence-electron chi connectivity index (χ3n) is 5.59. The summed E-state index contributed by atoms with van der Waals surface area (Å²) in [5.74, 6) is -0.153. The first-order valence-corrected chi connectivity index (χ1v) is 9.76. The zero-order valence-corrected chi connectivity index (χ0v) is 16.5. The molecule has 28 heavy (non-hydrogen) atoms. The third kappa shape index (κ3) is 3.43. The first-order valence-electron chi connectivity index (χ1n) is 9.76. The number of carbonyl (C=O) groups excluding carboxylic acids is 2. The second-order valence-corrected chi connectivity index (χ2v) is 8.64. The number of furan rings is 1. The van der Waals surface area contributed by atoms with E-state index in [9.17, 15) is 14.0 Å². The molecule has 6 heteroatoms. The molecule has 2 aliphatic rings. The molecule has 1 aliphatic heterocycles. The van der Waals surface area contributed by atoms with Gasteiger partial charge in [-0.25, -0.2) is 4.39 Å². The van der Waals surface area contributed by atoms with Gasteiger partial charge in [-0.05, 0) is 43.4 Å². The predicted octanol–water partition coefficient (Wildman–Crippen LogP) is 4.73. The van der Waals surface area contributed by atoms with Gasteiger partial charge in [-0.15, -0.1) is 0 Å². The zero-order valence-electron chi connectivity index (χ0n) is 16.5. The van der Waals surface area contributed by atoms with Gasteiger partial charge < -0.3 is 14.6 Å². The standard InChI is InChI=1S/C22H25FN2O3/c1-13-19-17(26)11-22(2,3)12-18(19)28-20(13)21(27)24-15-8-14(23)9-16(10-15)25-6-4-5-7-25/h8-10H,4-7,11-12H2,1-3H3,(H,24,27). The lowest BCUT2D eigenvalue weighted by molar-refractivity contribution is 0.0898. The van der Waals surface area contributed by atoms with Gasteiger partial charge in [0.1, 0.15) is 11.6 Å².